The van der Waals surface area contributed by atoms with Crippen LogP contribution in [0.4, 0.5) is 0 Å². The summed E-state index contributed by atoms with van der Waals surface area (Å²) in [6.07, 6.45) is 2.89. The van der Waals surface area contributed by atoms with Gasteiger partial charge in [0.1, 0.15) is 10.6 Å². The van der Waals surface area contributed by atoms with Gasteiger partial charge in [0.05, 0.1) is 6.10 Å². The number of hydrogen-bond acceptors (Lipinski definition) is 5. The van der Waals surface area contributed by atoms with Gasteiger partial charge in [0.25, 0.3) is 0 Å². The lowest BCUT2D eigenvalue weighted by molar-refractivity contribution is 0.135. The van der Waals surface area contributed by atoms with Crippen LogP contribution in [-0.2, 0) is 16.3 Å². The summed E-state index contributed by atoms with van der Waals surface area (Å²) in [5, 5.41) is 23.8. The smallest absolute Gasteiger partial charge is 0.179 e. The summed E-state index contributed by atoms with van der Waals surface area (Å²) in [5.74, 6) is -0.292. The van der Waals surface area contributed by atoms with Crippen LogP contribution in [0.5, 0.6) is 5.75 Å². The largest absolute Gasteiger partial charge is 0.507 e. The molecule has 2 aromatic rings. The van der Waals surface area contributed by atoms with Crippen molar-refractivity contribution in [2.24, 2.45) is 0 Å². The van der Waals surface area contributed by atoms with Crippen LogP contribution in [0, 0.1) is 0 Å². The first-order chi connectivity index (χ1) is 11.8. The Bertz CT molecular complexity index is 836. The normalized spacial score (nSPS) is 22.0. The summed E-state index contributed by atoms with van der Waals surface area (Å²) in [7, 11) is -3.55. The fourth-order valence-electron chi connectivity index (χ4n) is 3.40. The molecular formula is C19H23NO4S. The molecule has 5 nitrogen and oxygen atoms in total. The van der Waals surface area contributed by atoms with Crippen LogP contribution in [0.25, 0.3) is 0 Å². The maximum atomic E-state index is 11.7. The second-order valence-corrected chi connectivity index (χ2v) is 8.67. The molecule has 0 bridgehead atoms. The number of aromatic hydroxyl groups is 1. The molecule has 1 saturated heterocycles. The molecule has 3 unspecified atom stereocenters. The number of phenolic OH excluding ortho intramolecular Hbond substituents is 1. The highest BCUT2D eigenvalue weighted by Crippen LogP contribution is 2.31. The van der Waals surface area contributed by atoms with E-state index in [4.69, 9.17) is 0 Å². The molecule has 0 aromatic heterocycles. The standard InChI is InChI=1S/C19H23NO4S/c1-25(23,24)18-12-14(7-10-17(18)21)19(22)16-9-8-15(20-16)11-13-5-3-2-4-6-13/h2-7,10,12,15-16,19-22H,8-9,11H2,1H3. The van der Waals surface area contributed by atoms with Crippen LogP contribution in [0.2, 0.25) is 0 Å². The highest BCUT2D eigenvalue weighted by molar-refractivity contribution is 7.90. The predicted molar refractivity (Wildman–Crippen MR) is 96.3 cm³/mol. The van der Waals surface area contributed by atoms with E-state index in [0.717, 1.165) is 25.5 Å². The van der Waals surface area contributed by atoms with Crippen molar-refractivity contribution >= 4 is 9.84 Å². The Morgan fingerprint density at radius 2 is 1.88 bits per heavy atom. The SMILES string of the molecule is CS(=O)(=O)c1cc(C(O)C2CCC(Cc3ccccc3)N2)ccc1O. The maximum absolute atomic E-state index is 11.7. The van der Waals surface area contributed by atoms with Crippen LogP contribution >= 0.6 is 0 Å². The summed E-state index contributed by atoms with van der Waals surface area (Å²) >= 11 is 0. The minimum Gasteiger partial charge on any atom is -0.507 e. The third-order valence-corrected chi connectivity index (χ3v) is 5.83. The molecule has 6 heteroatoms. The number of rotatable bonds is 5. The molecule has 134 valence electrons. The number of nitrogens with one attached hydrogen (secondary N) is 1. The molecule has 0 saturated carbocycles. The topological polar surface area (TPSA) is 86.6 Å². The van der Waals surface area contributed by atoms with Gasteiger partial charge in [-0.1, -0.05) is 36.4 Å². The van der Waals surface area contributed by atoms with E-state index in [1.807, 2.05) is 18.2 Å². The predicted octanol–water partition coefficient (Wildman–Crippen LogP) is 2.19. The lowest BCUT2D eigenvalue weighted by atomic mass is 10.0. The van der Waals surface area contributed by atoms with Crippen molar-refractivity contribution in [3.63, 3.8) is 0 Å². The monoisotopic (exact) mass is 361 g/mol. The molecule has 25 heavy (non-hydrogen) atoms. The second-order valence-electron chi connectivity index (χ2n) is 6.68. The van der Waals surface area contributed by atoms with Gasteiger partial charge in [0, 0.05) is 18.3 Å². The molecule has 3 rings (SSSR count). The van der Waals surface area contributed by atoms with Gasteiger partial charge in [-0.3, -0.25) is 0 Å². The zero-order chi connectivity index (χ0) is 18.0. The molecule has 1 heterocycles. The van der Waals surface area contributed by atoms with E-state index in [2.05, 4.69) is 17.4 Å². The van der Waals surface area contributed by atoms with Crippen molar-refractivity contribution < 1.29 is 18.6 Å². The van der Waals surface area contributed by atoms with Crippen LogP contribution in [-0.4, -0.2) is 37.0 Å². The molecule has 0 spiro atoms. The fraction of sp³-hybridized carbons (Fsp3) is 0.368. The Labute approximate surface area is 148 Å². The van der Waals surface area contributed by atoms with Gasteiger partial charge in [0.15, 0.2) is 9.84 Å². The van der Waals surface area contributed by atoms with Crippen molar-refractivity contribution in [2.75, 3.05) is 6.26 Å². The summed E-state index contributed by atoms with van der Waals surface area (Å²) in [5.41, 5.74) is 1.75. The molecule has 3 N–H and O–H groups in total. The maximum Gasteiger partial charge on any atom is 0.179 e. The van der Waals surface area contributed by atoms with E-state index in [0.29, 0.717) is 5.56 Å². The molecule has 3 atom stereocenters. The van der Waals surface area contributed by atoms with E-state index in [1.165, 1.54) is 17.7 Å². The van der Waals surface area contributed by atoms with Crippen molar-refractivity contribution in [1.82, 2.24) is 5.32 Å². The van der Waals surface area contributed by atoms with Crippen LogP contribution in [0.15, 0.2) is 53.4 Å². The molecule has 1 aliphatic rings. The minimum atomic E-state index is -3.55. The highest BCUT2D eigenvalue weighted by atomic mass is 32.2. The van der Waals surface area contributed by atoms with Gasteiger partial charge in [-0.05, 0) is 42.5 Å². The minimum absolute atomic E-state index is 0.134. The van der Waals surface area contributed by atoms with E-state index in [-0.39, 0.29) is 22.7 Å². The molecule has 0 amide bonds. The first-order valence-electron chi connectivity index (χ1n) is 8.35. The average Bonchev–Trinajstić information content (AvgIpc) is 3.03. The number of aliphatic hydroxyl groups excluding tert-OH is 1. The third-order valence-electron chi connectivity index (χ3n) is 4.71. The lowest BCUT2D eigenvalue weighted by Crippen LogP contribution is -2.35. The Morgan fingerprint density at radius 1 is 1.16 bits per heavy atom. The zero-order valence-corrected chi connectivity index (χ0v) is 14.9. The number of phenols is 1. The number of benzene rings is 2. The van der Waals surface area contributed by atoms with Gasteiger partial charge in [-0.15, -0.1) is 0 Å². The Hall–Kier alpha value is -1.89. The summed E-state index contributed by atoms with van der Waals surface area (Å²) in [4.78, 5) is -0.150. The second kappa shape index (κ2) is 7.15. The van der Waals surface area contributed by atoms with Gasteiger partial charge < -0.3 is 15.5 Å². The first kappa shape index (κ1) is 17.9. The molecular weight excluding hydrogens is 338 g/mol. The molecule has 0 radical (unpaired) electrons. The lowest BCUT2D eigenvalue weighted by Gasteiger charge is -2.21. The fourth-order valence-corrected chi connectivity index (χ4v) is 4.20. The number of aliphatic hydroxyl groups is 1. The van der Waals surface area contributed by atoms with Crippen molar-refractivity contribution in [3.8, 4) is 5.75 Å². The number of hydrogen-bond donors (Lipinski definition) is 3. The van der Waals surface area contributed by atoms with E-state index >= 15 is 0 Å². The van der Waals surface area contributed by atoms with Crippen molar-refractivity contribution in [3.05, 3.63) is 59.7 Å². The average molecular weight is 361 g/mol. The molecule has 1 aliphatic heterocycles. The zero-order valence-electron chi connectivity index (χ0n) is 14.1. The van der Waals surface area contributed by atoms with Gasteiger partial charge in [-0.2, -0.15) is 0 Å². The third kappa shape index (κ3) is 4.21. The number of sulfone groups is 1. The van der Waals surface area contributed by atoms with Crippen molar-refractivity contribution in [2.45, 2.75) is 42.3 Å². The van der Waals surface area contributed by atoms with E-state index < -0.39 is 15.9 Å². The van der Waals surface area contributed by atoms with E-state index in [9.17, 15) is 18.6 Å². The first-order valence-corrected chi connectivity index (χ1v) is 10.2. The Balaban J connectivity index is 1.71. The van der Waals surface area contributed by atoms with Gasteiger partial charge in [-0.25, -0.2) is 8.42 Å². The molecule has 2 aromatic carbocycles. The van der Waals surface area contributed by atoms with Crippen LogP contribution in [0.3, 0.4) is 0 Å². The highest BCUT2D eigenvalue weighted by Gasteiger charge is 2.30. The van der Waals surface area contributed by atoms with Crippen LogP contribution in [0.1, 0.15) is 30.1 Å². The van der Waals surface area contributed by atoms with E-state index in [1.54, 1.807) is 6.07 Å². The Morgan fingerprint density at radius 3 is 2.56 bits per heavy atom. The van der Waals surface area contributed by atoms with Crippen molar-refractivity contribution in [1.29, 1.82) is 0 Å². The van der Waals surface area contributed by atoms with Gasteiger partial charge in [0.2, 0.25) is 0 Å². The van der Waals surface area contributed by atoms with Gasteiger partial charge >= 0.3 is 0 Å². The summed E-state index contributed by atoms with van der Waals surface area (Å²) < 4.78 is 23.5. The quantitative estimate of drug-likeness (QED) is 0.760. The Kier molecular flexibility index (Phi) is 5.13. The summed E-state index contributed by atoms with van der Waals surface area (Å²) in [6, 6.07) is 14.6. The molecule has 0 aliphatic carbocycles. The summed E-state index contributed by atoms with van der Waals surface area (Å²) in [6.45, 7) is 0. The molecule has 1 fully saturated rings. The van der Waals surface area contributed by atoms with Crippen LogP contribution < -0.4 is 5.32 Å².